The highest BCUT2D eigenvalue weighted by Gasteiger charge is 2.38. The van der Waals surface area contributed by atoms with Gasteiger partial charge < -0.3 is 40.9 Å². The van der Waals surface area contributed by atoms with Crippen LogP contribution in [0, 0.1) is 0 Å². The number of likely N-dealkylation sites (tertiary alicyclic amines) is 1. The molecule has 0 saturated carbocycles. The summed E-state index contributed by atoms with van der Waals surface area (Å²) >= 11 is 0. The van der Waals surface area contributed by atoms with Crippen molar-refractivity contribution in [3.63, 3.8) is 0 Å². The maximum absolute atomic E-state index is 13.0. The van der Waals surface area contributed by atoms with Gasteiger partial charge in [-0.2, -0.15) is 0 Å². The number of nitrogens with zero attached hydrogens (tertiary/aromatic N) is 5. The molecule has 0 spiro atoms. The lowest BCUT2D eigenvalue weighted by atomic mass is 9.78. The second-order valence-corrected chi connectivity index (χ2v) is 12.6. The van der Waals surface area contributed by atoms with Crippen LogP contribution in [0.3, 0.4) is 0 Å². The number of amides is 3. The Bertz CT molecular complexity index is 1300. The summed E-state index contributed by atoms with van der Waals surface area (Å²) in [5, 5.41) is 52.7. The second-order valence-electron chi connectivity index (χ2n) is 12.6. The van der Waals surface area contributed by atoms with E-state index in [4.69, 9.17) is 0 Å². The number of hydrogen-bond acceptors (Lipinski definition) is 12. The van der Waals surface area contributed by atoms with Gasteiger partial charge in [0.15, 0.2) is 0 Å². The molecule has 0 aliphatic carbocycles. The average Bonchev–Trinajstić information content (AvgIpc) is 3.55. The van der Waals surface area contributed by atoms with E-state index in [1.165, 1.54) is 11.8 Å². The molecule has 3 rings (SSSR count). The van der Waals surface area contributed by atoms with E-state index >= 15 is 0 Å². The van der Waals surface area contributed by atoms with E-state index in [0.29, 0.717) is 43.6 Å². The molecule has 0 aromatic heterocycles. The molecule has 2 saturated heterocycles. The number of carbonyl (C=O) groups is 6. The zero-order chi connectivity index (χ0) is 36.8. The zero-order valence-electron chi connectivity index (χ0n) is 28.3. The van der Waals surface area contributed by atoms with Gasteiger partial charge in [-0.25, -0.2) is 0 Å². The number of nitrogens with one attached hydrogen (secondary N) is 2. The summed E-state index contributed by atoms with van der Waals surface area (Å²) in [6.45, 7) is 3.52. The minimum Gasteiger partial charge on any atom is -0.480 e. The van der Waals surface area contributed by atoms with Crippen molar-refractivity contribution in [2.24, 2.45) is 0 Å². The van der Waals surface area contributed by atoms with Crippen molar-refractivity contribution >= 4 is 42.7 Å². The molecule has 1 aromatic carbocycles. The number of carboxylic acids is 3. The van der Waals surface area contributed by atoms with Crippen LogP contribution in [0.15, 0.2) is 24.3 Å². The first kappa shape index (κ1) is 40.3. The third kappa shape index (κ3) is 13.6. The van der Waals surface area contributed by atoms with Gasteiger partial charge in [0.2, 0.25) is 11.8 Å². The van der Waals surface area contributed by atoms with Crippen LogP contribution < -0.4 is 10.6 Å². The number of carbonyl (C=O) groups excluding carboxylic acids is 3. The lowest BCUT2D eigenvalue weighted by Gasteiger charge is -2.32. The molecule has 18 nitrogen and oxygen atoms in total. The van der Waals surface area contributed by atoms with E-state index in [9.17, 15) is 54.1 Å². The molecule has 7 N–H and O–H groups in total. The third-order valence-corrected chi connectivity index (χ3v) is 8.72. The van der Waals surface area contributed by atoms with E-state index in [-0.39, 0.29) is 77.9 Å². The smallest absolute Gasteiger partial charge is 0.475 e. The van der Waals surface area contributed by atoms with Crippen LogP contribution >= 0.6 is 0 Å². The van der Waals surface area contributed by atoms with Gasteiger partial charge in [-0.05, 0) is 37.5 Å². The summed E-state index contributed by atoms with van der Waals surface area (Å²) < 4.78 is 0. The molecule has 50 heavy (non-hydrogen) atoms. The third-order valence-electron chi connectivity index (χ3n) is 8.72. The molecule has 0 unspecified atom stereocenters. The average molecular weight is 706 g/mol. The fourth-order valence-corrected chi connectivity index (χ4v) is 5.99. The molecule has 0 radical (unpaired) electrons. The Hall–Kier alpha value is -4.14. The zero-order valence-corrected chi connectivity index (χ0v) is 28.3. The standard InChI is InChI=1S/C31H48BN7O11/c1-22(31(48)39-8-2-3-25(39)32(49)50)34-30(47)24-6-4-23(5-7-24)17-33-26(40)18-35-9-11-36(19-27(41)42)13-15-38(21-29(45)46)16-14-37(12-10-35)20-28(43)44/h4-7,22,25,49-50H,2-3,8-21H2,1H3,(H,33,40)(H,34,47)(H,41,42)(H,43,44)(H,45,46)/t22-,25+/m1/s1. The van der Waals surface area contributed by atoms with E-state index < -0.39 is 48.8 Å². The first-order valence-corrected chi connectivity index (χ1v) is 16.6. The van der Waals surface area contributed by atoms with Crippen LogP contribution in [0.2, 0.25) is 0 Å². The Labute approximate surface area is 290 Å². The number of rotatable bonds is 14. The van der Waals surface area contributed by atoms with Crippen molar-refractivity contribution < 1.29 is 54.1 Å². The highest BCUT2D eigenvalue weighted by Crippen LogP contribution is 2.19. The number of carboxylic acid groups (broad SMARTS) is 3. The maximum Gasteiger partial charge on any atom is 0.475 e. The first-order chi connectivity index (χ1) is 23.7. The molecule has 1 aromatic rings. The minimum absolute atomic E-state index is 0.0372. The van der Waals surface area contributed by atoms with Crippen molar-refractivity contribution in [2.75, 3.05) is 85.1 Å². The first-order valence-electron chi connectivity index (χ1n) is 16.6. The van der Waals surface area contributed by atoms with Gasteiger partial charge in [0.1, 0.15) is 6.04 Å². The van der Waals surface area contributed by atoms with Crippen molar-refractivity contribution in [3.8, 4) is 0 Å². The molecule has 0 bridgehead atoms. The summed E-state index contributed by atoms with van der Waals surface area (Å²) in [4.78, 5) is 81.1. The van der Waals surface area contributed by atoms with Gasteiger partial charge >= 0.3 is 25.0 Å². The summed E-state index contributed by atoms with van der Waals surface area (Å²) in [6.07, 6.45) is 1.10. The largest absolute Gasteiger partial charge is 0.480 e. The van der Waals surface area contributed by atoms with Gasteiger partial charge in [0.05, 0.1) is 32.1 Å². The van der Waals surface area contributed by atoms with Gasteiger partial charge in [-0.1, -0.05) is 12.1 Å². The molecule has 276 valence electrons. The number of hydrogen-bond donors (Lipinski definition) is 7. The minimum atomic E-state index is -1.65. The molecule has 2 atom stereocenters. The second kappa shape index (κ2) is 19.9. The van der Waals surface area contributed by atoms with E-state index in [0.717, 1.165) is 0 Å². The van der Waals surface area contributed by atoms with Gasteiger partial charge in [-0.3, -0.25) is 48.4 Å². The van der Waals surface area contributed by atoms with Crippen LogP contribution in [0.4, 0.5) is 0 Å². The summed E-state index contributed by atoms with van der Waals surface area (Å²) in [5.74, 6) is -5.03. The lowest BCUT2D eigenvalue weighted by molar-refractivity contribution is -0.140. The van der Waals surface area contributed by atoms with Crippen LogP contribution in [-0.4, -0.2) is 190 Å². The molecule has 2 heterocycles. The van der Waals surface area contributed by atoms with E-state index in [1.54, 1.807) is 39.0 Å². The Morgan fingerprint density at radius 3 is 1.58 bits per heavy atom. The van der Waals surface area contributed by atoms with E-state index in [1.807, 2.05) is 4.90 Å². The topological polar surface area (TPSA) is 244 Å². The monoisotopic (exact) mass is 705 g/mol. The fourth-order valence-electron chi connectivity index (χ4n) is 5.99. The molecule has 3 amide bonds. The molecule has 2 fully saturated rings. The van der Waals surface area contributed by atoms with Gasteiger partial charge in [-0.15, -0.1) is 0 Å². The molecular formula is C31H48BN7O11. The summed E-state index contributed by atoms with van der Waals surface area (Å²) in [7, 11) is -1.65. The highest BCUT2D eigenvalue weighted by molar-refractivity contribution is 6.43. The Morgan fingerprint density at radius 1 is 0.720 bits per heavy atom. The van der Waals surface area contributed by atoms with E-state index in [2.05, 4.69) is 10.6 Å². The molecule has 19 heteroatoms. The van der Waals surface area contributed by atoms with Crippen LogP contribution in [-0.2, 0) is 30.5 Å². The Balaban J connectivity index is 1.56. The SMILES string of the molecule is C[C@@H](NC(=O)c1ccc(CNC(=O)CN2CCN(CC(=O)O)CCN(CC(=O)O)CCN(CC(=O)O)CC2)cc1)C(=O)N1CCC[C@H]1B(O)O. The van der Waals surface area contributed by atoms with Crippen LogP contribution in [0.1, 0.15) is 35.7 Å². The normalized spacial score (nSPS) is 19.5. The van der Waals surface area contributed by atoms with Gasteiger partial charge in [0, 0.05) is 71.0 Å². The predicted octanol–water partition coefficient (Wildman–Crippen LogP) is -3.10. The van der Waals surface area contributed by atoms with Crippen LogP contribution in [0.25, 0.3) is 0 Å². The summed E-state index contributed by atoms with van der Waals surface area (Å²) in [5.41, 5.74) is 0.998. The van der Waals surface area contributed by atoms with Crippen molar-refractivity contribution in [3.05, 3.63) is 35.4 Å². The Kier molecular flexibility index (Phi) is 16.0. The summed E-state index contributed by atoms with van der Waals surface area (Å²) in [6, 6.07) is 5.57. The lowest BCUT2D eigenvalue weighted by Crippen LogP contribution is -2.52. The van der Waals surface area contributed by atoms with Crippen molar-refractivity contribution in [2.45, 2.75) is 38.3 Å². The van der Waals surface area contributed by atoms with Crippen LogP contribution in [0.5, 0.6) is 0 Å². The quantitative estimate of drug-likeness (QED) is 0.0949. The molecular weight excluding hydrogens is 657 g/mol. The molecule has 2 aliphatic rings. The van der Waals surface area contributed by atoms with Crippen molar-refractivity contribution in [1.82, 2.24) is 35.1 Å². The number of benzene rings is 1. The van der Waals surface area contributed by atoms with Crippen molar-refractivity contribution in [1.29, 1.82) is 0 Å². The maximum atomic E-state index is 13.0. The Morgan fingerprint density at radius 2 is 1.16 bits per heavy atom. The highest BCUT2D eigenvalue weighted by atomic mass is 16.4. The fraction of sp³-hybridized carbons (Fsp3) is 0.613. The molecule has 2 aliphatic heterocycles. The predicted molar refractivity (Wildman–Crippen MR) is 179 cm³/mol. The van der Waals surface area contributed by atoms with Gasteiger partial charge in [0.25, 0.3) is 5.91 Å². The number of aliphatic carboxylic acids is 3.